The van der Waals surface area contributed by atoms with Crippen molar-refractivity contribution >= 4 is 23.3 Å². The lowest BCUT2D eigenvalue weighted by molar-refractivity contribution is -0.385. The maximum atomic E-state index is 10.8. The summed E-state index contributed by atoms with van der Waals surface area (Å²) in [4.78, 5) is 13.9. The average molecular weight is 288 g/mol. The predicted octanol–water partition coefficient (Wildman–Crippen LogP) is -0.470. The van der Waals surface area contributed by atoms with Gasteiger partial charge in [0.25, 0.3) is 5.69 Å². The van der Waals surface area contributed by atoms with Gasteiger partial charge < -0.3 is 21.2 Å². The zero-order valence-electron chi connectivity index (χ0n) is 9.63. The lowest BCUT2D eigenvalue weighted by atomic mass is 10.3. The molecule has 1 heterocycles. The molecule has 0 saturated heterocycles. The maximum Gasteiger partial charge on any atom is 0.298 e. The summed E-state index contributed by atoms with van der Waals surface area (Å²) in [5.74, 6) is -0.312. The van der Waals surface area contributed by atoms with Gasteiger partial charge in [-0.25, -0.2) is 4.98 Å². The van der Waals surface area contributed by atoms with Crippen molar-refractivity contribution in [3.05, 3.63) is 27.9 Å². The summed E-state index contributed by atoms with van der Waals surface area (Å²) in [6, 6.07) is 2.55. The van der Waals surface area contributed by atoms with E-state index in [1.165, 1.54) is 12.1 Å². The number of aromatic nitrogens is 1. The van der Waals surface area contributed by atoms with Crippen LogP contribution in [0.1, 0.15) is 5.69 Å². The molecule has 0 radical (unpaired) electrons. The van der Waals surface area contributed by atoms with Crippen LogP contribution < -0.4 is 5.73 Å². The van der Waals surface area contributed by atoms with Crippen molar-refractivity contribution in [2.24, 2.45) is 10.9 Å². The number of hydrogen-bond acceptors (Lipinski definition) is 8. The average Bonchev–Trinajstić information content (AvgIpc) is 2.43. The zero-order chi connectivity index (χ0) is 14.4. The van der Waals surface area contributed by atoms with Crippen LogP contribution in [0.3, 0.4) is 0 Å². The Kier molecular flexibility index (Phi) is 5.48. The van der Waals surface area contributed by atoms with Crippen LogP contribution in [0.2, 0.25) is 0 Å². The summed E-state index contributed by atoms with van der Waals surface area (Å²) in [6.45, 7) is -0.396. The highest BCUT2D eigenvalue weighted by molar-refractivity contribution is 7.99. The molecule has 10 heteroatoms. The molecule has 0 bridgehead atoms. The molecule has 1 aromatic rings. The first-order valence-corrected chi connectivity index (χ1v) is 6.03. The minimum atomic E-state index is -0.922. The van der Waals surface area contributed by atoms with Crippen molar-refractivity contribution in [1.82, 2.24) is 4.98 Å². The summed E-state index contributed by atoms with van der Waals surface area (Å²) in [5.41, 5.74) is 4.68. The predicted molar refractivity (Wildman–Crippen MR) is 67.2 cm³/mol. The number of aliphatic hydroxyl groups is 2. The van der Waals surface area contributed by atoms with E-state index in [0.717, 1.165) is 11.8 Å². The van der Waals surface area contributed by atoms with E-state index in [2.05, 4.69) is 10.1 Å². The van der Waals surface area contributed by atoms with E-state index >= 15 is 0 Å². The van der Waals surface area contributed by atoms with E-state index in [1.807, 2.05) is 0 Å². The normalized spacial score (nSPS) is 13.3. The standard InChI is InChI=1S/C9H12N4O5S/c10-9(12-16)8-6(13(17)18)1-2-7(11-8)19-4-5(15)3-14/h1-2,5,14-16H,3-4H2,(H2,10,12). The Bertz CT molecular complexity index is 495. The molecule has 1 aromatic heterocycles. The highest BCUT2D eigenvalue weighted by atomic mass is 32.2. The quantitative estimate of drug-likeness (QED) is 0.137. The molecule has 1 unspecified atom stereocenters. The van der Waals surface area contributed by atoms with Gasteiger partial charge in [0.15, 0.2) is 11.5 Å². The Morgan fingerprint density at radius 2 is 2.32 bits per heavy atom. The molecular weight excluding hydrogens is 276 g/mol. The number of nitro groups is 1. The van der Waals surface area contributed by atoms with Crippen LogP contribution in [-0.2, 0) is 0 Å². The Morgan fingerprint density at radius 1 is 1.63 bits per heavy atom. The monoisotopic (exact) mass is 288 g/mol. The van der Waals surface area contributed by atoms with Crippen LogP contribution in [0, 0.1) is 10.1 Å². The van der Waals surface area contributed by atoms with Gasteiger partial charge >= 0.3 is 0 Å². The number of nitrogens with zero attached hydrogens (tertiary/aromatic N) is 3. The molecule has 5 N–H and O–H groups in total. The molecule has 1 rings (SSSR count). The first kappa shape index (κ1) is 15.1. The van der Waals surface area contributed by atoms with Gasteiger partial charge in [0.2, 0.25) is 0 Å². The fraction of sp³-hybridized carbons (Fsp3) is 0.333. The van der Waals surface area contributed by atoms with E-state index in [4.69, 9.17) is 16.0 Å². The van der Waals surface area contributed by atoms with Gasteiger partial charge in [-0.05, 0) is 6.07 Å². The van der Waals surface area contributed by atoms with Gasteiger partial charge in [0, 0.05) is 11.8 Å². The molecule has 0 aromatic carbocycles. The molecule has 0 saturated carbocycles. The van der Waals surface area contributed by atoms with Gasteiger partial charge in [-0.3, -0.25) is 10.1 Å². The molecule has 0 aliphatic carbocycles. The fourth-order valence-corrected chi connectivity index (χ4v) is 1.92. The van der Waals surface area contributed by atoms with E-state index in [1.54, 1.807) is 0 Å². The Hall–Kier alpha value is -1.91. The number of thioether (sulfide) groups is 1. The number of rotatable bonds is 6. The largest absolute Gasteiger partial charge is 0.409 e. The number of oxime groups is 1. The first-order chi connectivity index (χ1) is 8.99. The highest BCUT2D eigenvalue weighted by Crippen LogP contribution is 2.23. The number of hydrogen-bond donors (Lipinski definition) is 4. The lowest BCUT2D eigenvalue weighted by Gasteiger charge is -2.07. The van der Waals surface area contributed by atoms with Crippen molar-refractivity contribution in [3.63, 3.8) is 0 Å². The van der Waals surface area contributed by atoms with Crippen LogP contribution in [0.5, 0.6) is 0 Å². The molecule has 0 aliphatic rings. The second-order valence-electron chi connectivity index (χ2n) is 3.41. The summed E-state index contributed by atoms with van der Waals surface area (Å²) in [6.07, 6.45) is -0.922. The van der Waals surface area contributed by atoms with Crippen LogP contribution in [-0.4, -0.2) is 49.6 Å². The number of amidine groups is 1. The number of nitrogens with two attached hydrogens (primary N) is 1. The maximum absolute atomic E-state index is 10.8. The molecule has 104 valence electrons. The van der Waals surface area contributed by atoms with Crippen LogP contribution >= 0.6 is 11.8 Å². The molecule has 19 heavy (non-hydrogen) atoms. The van der Waals surface area contributed by atoms with Gasteiger partial charge in [0.1, 0.15) is 0 Å². The molecule has 0 aliphatic heterocycles. The molecule has 0 amide bonds. The van der Waals surface area contributed by atoms with Crippen LogP contribution in [0.15, 0.2) is 22.3 Å². The molecule has 0 spiro atoms. The van der Waals surface area contributed by atoms with E-state index in [9.17, 15) is 15.2 Å². The Labute approximate surface area is 111 Å². The second kappa shape index (κ2) is 6.87. The van der Waals surface area contributed by atoms with E-state index < -0.39 is 23.5 Å². The fourth-order valence-electron chi connectivity index (χ4n) is 1.13. The number of pyridine rings is 1. The summed E-state index contributed by atoms with van der Waals surface area (Å²) in [7, 11) is 0. The number of aliphatic hydroxyl groups excluding tert-OH is 2. The van der Waals surface area contributed by atoms with Gasteiger partial charge in [-0.15, -0.1) is 11.8 Å². The van der Waals surface area contributed by atoms with E-state index in [0.29, 0.717) is 5.03 Å². The smallest absolute Gasteiger partial charge is 0.298 e. The Balaban J connectivity index is 3.02. The minimum absolute atomic E-state index is 0.164. The summed E-state index contributed by atoms with van der Waals surface area (Å²) in [5, 5.41) is 40.2. The SMILES string of the molecule is N/C(=N/O)c1nc(SCC(O)CO)ccc1[N+](=O)[O-]. The third-order valence-corrected chi connectivity index (χ3v) is 3.10. The Morgan fingerprint density at radius 3 is 2.84 bits per heavy atom. The second-order valence-corrected chi connectivity index (χ2v) is 4.45. The van der Waals surface area contributed by atoms with Crippen LogP contribution in [0.25, 0.3) is 0 Å². The van der Waals surface area contributed by atoms with E-state index in [-0.39, 0.29) is 17.1 Å². The van der Waals surface area contributed by atoms with Gasteiger partial charge in [0.05, 0.1) is 22.7 Å². The van der Waals surface area contributed by atoms with Gasteiger partial charge in [-0.2, -0.15) is 0 Å². The molecule has 0 fully saturated rings. The van der Waals surface area contributed by atoms with Crippen molar-refractivity contribution in [3.8, 4) is 0 Å². The third-order valence-electron chi connectivity index (χ3n) is 2.03. The topological polar surface area (TPSA) is 155 Å². The first-order valence-electron chi connectivity index (χ1n) is 5.04. The lowest BCUT2D eigenvalue weighted by Crippen LogP contribution is -2.18. The third kappa shape index (κ3) is 4.05. The minimum Gasteiger partial charge on any atom is -0.409 e. The van der Waals surface area contributed by atoms with Crippen LogP contribution in [0.4, 0.5) is 5.69 Å². The molecule has 9 nitrogen and oxygen atoms in total. The highest BCUT2D eigenvalue weighted by Gasteiger charge is 2.20. The zero-order valence-corrected chi connectivity index (χ0v) is 10.4. The molecule has 1 atom stereocenters. The van der Waals surface area contributed by atoms with Crippen molar-refractivity contribution in [2.45, 2.75) is 11.1 Å². The summed E-state index contributed by atoms with van der Waals surface area (Å²) < 4.78 is 0. The van der Waals surface area contributed by atoms with Crippen molar-refractivity contribution in [2.75, 3.05) is 12.4 Å². The summed E-state index contributed by atoms with van der Waals surface area (Å²) >= 11 is 1.08. The molecular formula is C9H12N4O5S. The van der Waals surface area contributed by atoms with Crippen molar-refractivity contribution in [1.29, 1.82) is 0 Å². The van der Waals surface area contributed by atoms with Crippen molar-refractivity contribution < 1.29 is 20.3 Å². The van der Waals surface area contributed by atoms with Gasteiger partial charge in [-0.1, -0.05) is 5.16 Å².